The average molecular weight is 1210 g/mol. The molecule has 0 amide bonds. The first kappa shape index (κ1) is 24.5. The van der Waals surface area contributed by atoms with Gasteiger partial charge in [-0.3, -0.25) is 0 Å². The number of aryl methyl sites for hydroxylation is 1. The van der Waals surface area contributed by atoms with Gasteiger partial charge < -0.3 is 4.42 Å². The van der Waals surface area contributed by atoms with Crippen molar-refractivity contribution in [2.75, 3.05) is 0 Å². The molecule has 0 unspecified atom stereocenters. The third kappa shape index (κ3) is 4.33. The second-order valence-electron chi connectivity index (χ2n) is 8.44. The van der Waals surface area contributed by atoms with E-state index in [0.717, 1.165) is 51.4 Å². The van der Waals surface area contributed by atoms with Crippen molar-refractivity contribution in [3.8, 4) is 0 Å². The van der Waals surface area contributed by atoms with Crippen LogP contribution in [0.1, 0.15) is 56.0 Å². The van der Waals surface area contributed by atoms with Crippen LogP contribution in [0.15, 0.2) is 58.6 Å². The van der Waals surface area contributed by atoms with Gasteiger partial charge in [0.1, 0.15) is 23.2 Å². The molecule has 0 atom stereocenters. The maximum absolute atomic E-state index is 6.32. The van der Waals surface area contributed by atoms with Gasteiger partial charge in [0.25, 0.3) is 0 Å². The first-order valence-corrected chi connectivity index (χ1v) is 10.9. The number of rotatable bonds is 2. The first-order chi connectivity index (χ1) is 15.5. The minimum Gasteiger partial charge on any atom is -0.514 e. The smallest absolute Gasteiger partial charge is 0.150 e. The maximum atomic E-state index is 6.32. The van der Waals surface area contributed by atoms with Crippen molar-refractivity contribution in [3.63, 3.8) is 0 Å². The molecule has 5 rings (SSSR count). The summed E-state index contributed by atoms with van der Waals surface area (Å²) in [4.78, 5) is 14.3. The van der Waals surface area contributed by atoms with Crippen molar-refractivity contribution in [2.45, 2.75) is 34.1 Å². The Bertz CT molecular complexity index is 1410. The number of fused-ring (bicyclic) bond motifs is 3. The number of nitrogens with zero attached hydrogens (tertiary/aromatic N) is 3. The molecule has 0 spiro atoms. The van der Waals surface area contributed by atoms with E-state index in [1.54, 1.807) is 0 Å². The summed E-state index contributed by atoms with van der Waals surface area (Å²) in [5.41, 5.74) is 5.09. The van der Waals surface area contributed by atoms with Crippen molar-refractivity contribution >= 4 is 29.4 Å². The zero-order valence-corrected chi connectivity index (χ0v) is 26.0. The molecule has 0 aliphatic heterocycles. The second-order valence-corrected chi connectivity index (χ2v) is 8.44. The monoisotopic (exact) mass is 1210 g/mol. The zero-order valence-electron chi connectivity index (χ0n) is 19.6. The summed E-state index contributed by atoms with van der Waals surface area (Å²) in [6.45, 7) is 8.19. The topological polar surface area (TPSA) is 51.8 Å². The van der Waals surface area contributed by atoms with E-state index < -0.39 is 0 Å². The predicted molar refractivity (Wildman–Crippen MR) is 130 cm³/mol. The van der Waals surface area contributed by atoms with Gasteiger partial charge in [0.2, 0.25) is 0 Å². The van der Waals surface area contributed by atoms with Gasteiger partial charge in [0.05, 0.1) is 0 Å². The van der Waals surface area contributed by atoms with E-state index in [0.29, 0.717) is 17.5 Å². The molecule has 3 radical (unpaired) electrons. The number of furan rings is 1. The Morgan fingerprint density at radius 2 is 1.57 bits per heavy atom. The fraction of sp³-hybridized carbons (Fsp3) is 0.179. The van der Waals surface area contributed by atoms with Crippen LogP contribution in [-0.4, -0.2) is 15.0 Å². The first-order valence-electron chi connectivity index (χ1n) is 10.9. The molecule has 2 aromatic heterocycles. The van der Waals surface area contributed by atoms with Gasteiger partial charge in [-0.25, -0.2) is 15.0 Å². The van der Waals surface area contributed by atoms with Crippen molar-refractivity contribution < 1.29 is 4.42 Å². The Morgan fingerprint density at radius 1 is 0.829 bits per heavy atom. The molecule has 3 aliphatic rings. The average Bonchev–Trinajstić information content (AvgIpc) is 2.95. The predicted octanol–water partition coefficient (Wildman–Crippen LogP) is 4.84. The molecule has 0 aromatic carbocycles. The number of hydrogen-bond acceptors (Lipinski definition) is 4. The molecule has 0 saturated heterocycles. The minimum absolute atomic E-state index is 0. The van der Waals surface area contributed by atoms with Crippen LogP contribution in [0, 0.1) is 18.8 Å². The third-order valence-corrected chi connectivity index (χ3v) is 5.62. The van der Waals surface area contributed by atoms with Gasteiger partial charge in [-0.2, -0.15) is 36.1 Å². The Labute approximate surface area is 188 Å². The molecule has 0 fully saturated rings. The Hall–Kier alpha value is -6.79. The fourth-order valence-corrected chi connectivity index (χ4v) is 4.10. The normalized spacial score (nSPS) is 15.7. The molecule has 0 saturated carbocycles. The van der Waals surface area contributed by atoms with Crippen molar-refractivity contribution in [1.29, 1.82) is 0 Å². The summed E-state index contributed by atoms with van der Waals surface area (Å²) in [6, 6.07) is 0. The summed E-state index contributed by atoms with van der Waals surface area (Å²) in [7, 11) is 0. The summed E-state index contributed by atoms with van der Waals surface area (Å²) < 4.78 is 6.32. The quantitative estimate of drug-likeness (QED) is 0.405. The van der Waals surface area contributed by atoms with E-state index in [4.69, 9.17) is 14.4 Å². The van der Waals surface area contributed by atoms with Crippen LogP contribution in [-0.2, 0) is 0 Å². The van der Waals surface area contributed by atoms with Gasteiger partial charge in [-0.15, -0.1) is 24.3 Å². The molecule has 205 valence electrons. The van der Waals surface area contributed by atoms with Crippen molar-refractivity contribution in [2.24, 2.45) is 0 Å². The molecule has 2 aromatic rings. The van der Waals surface area contributed by atoms with Crippen LogP contribution in [0.25, 0.3) is 29.4 Å². The van der Waals surface area contributed by atoms with Crippen LogP contribution >= 0.6 is 0 Å². The molecular weight excluding hydrogens is 1180 g/mol. The Morgan fingerprint density at radius 3 is 2.37 bits per heavy atom. The number of aromatic nitrogens is 3. The molecule has 7 heteroatoms. The van der Waals surface area contributed by atoms with Gasteiger partial charge in [-0.1, -0.05) is 37.1 Å². The van der Waals surface area contributed by atoms with Crippen molar-refractivity contribution in [3.05, 3.63) is 105 Å². The number of allylic oxidation sites excluding steroid dienone is 10. The molecule has 2 heterocycles. The van der Waals surface area contributed by atoms with E-state index >= 15 is 0 Å². The minimum atomic E-state index is 0. The van der Waals surface area contributed by atoms with E-state index in [-0.39, 0.29) is 0 Å². The number of hydrogen-bond donors (Lipinski definition) is 0. The summed E-state index contributed by atoms with van der Waals surface area (Å²) in [6.07, 6.45) is 23.9. The second kappa shape index (κ2) is 9.15. The van der Waals surface area contributed by atoms with Crippen LogP contribution < -0.4 is 10.6 Å². The van der Waals surface area contributed by atoms with E-state index in [9.17, 15) is 0 Å². The van der Waals surface area contributed by atoms with Crippen LogP contribution in [0.3, 0.4) is 0 Å². The summed E-state index contributed by atoms with van der Waals surface area (Å²) in [5, 5.41) is 1.03. The van der Waals surface area contributed by atoms with Crippen LogP contribution in [0.4, 0.5) is 0 Å². The zero-order chi connectivity index (χ0) is 22.2. The van der Waals surface area contributed by atoms with E-state index in [2.05, 4.69) is 74.4 Å². The molecule has 4 nitrogen and oxygen atoms in total. The Kier molecular flexibility index (Phi) is 6.40. The molecule has 0 bridgehead atoms. The van der Waals surface area contributed by atoms with Gasteiger partial charge in [0, 0.05) is 11.0 Å². The SMILES string of the molecule is CC1=Cc2oc3c(c2C=CC1)=C(c1nc(C)nc(C2=C[C-](C)C=CC=C2)n1)C=C[C-](C)C=3.[Lr].[Lr].[Lr]. The van der Waals surface area contributed by atoms with Gasteiger partial charge in [0.15, 0.2) is 0 Å². The summed E-state index contributed by atoms with van der Waals surface area (Å²) in [5.74, 6) is 5.16. The van der Waals surface area contributed by atoms with E-state index in [1.807, 2.05) is 25.2 Å². The van der Waals surface area contributed by atoms with Crippen LogP contribution in [0.2, 0.25) is 0 Å². The fourth-order valence-electron chi connectivity index (χ4n) is 4.10. The third-order valence-electron chi connectivity index (χ3n) is 5.62. The standard InChI is InChI=1S/C28H25N3O.3Lr/c1-17-8-5-6-10-21(14-17)27-29-20(4)30-28(31-27)23-13-12-19(3)16-25-26(23)22-11-7-9-18(2)15-24(22)32-25;;;/h5-8,10-16H,9H2,1-4H3;;;/q-2;;;. The molecule has 3 aliphatic carbocycles. The molecular formula is C28H25Lr3N3O-2. The summed E-state index contributed by atoms with van der Waals surface area (Å²) >= 11 is 0. The Balaban J connectivity index is 0.00000144. The largest absolute Gasteiger partial charge is 0.514 e. The van der Waals surface area contributed by atoms with Gasteiger partial charge >= 0.3 is 0 Å². The van der Waals surface area contributed by atoms with Crippen molar-refractivity contribution in [1.82, 2.24) is 15.0 Å². The molecule has 35 heavy (non-hydrogen) atoms. The van der Waals surface area contributed by atoms with E-state index in [1.165, 1.54) is 5.57 Å². The molecule has 0 N–H and O–H groups in total. The maximum Gasteiger partial charge on any atom is 0.150 e. The van der Waals surface area contributed by atoms with Crippen LogP contribution in [0.5, 0.6) is 0 Å². The van der Waals surface area contributed by atoms with Gasteiger partial charge in [-0.05, 0) is 37.1 Å².